The second-order valence-electron chi connectivity index (χ2n) is 5.97. The Labute approximate surface area is 165 Å². The van der Waals surface area contributed by atoms with Crippen molar-refractivity contribution in [3.63, 3.8) is 0 Å². The van der Waals surface area contributed by atoms with Gasteiger partial charge in [0, 0.05) is 28.6 Å². The summed E-state index contributed by atoms with van der Waals surface area (Å²) in [4.78, 5) is 34.5. The summed E-state index contributed by atoms with van der Waals surface area (Å²) in [5.41, 5.74) is 1.37. The number of benzene rings is 1. The van der Waals surface area contributed by atoms with Gasteiger partial charge in [0.15, 0.2) is 0 Å². The van der Waals surface area contributed by atoms with E-state index in [1.807, 2.05) is 6.92 Å². The van der Waals surface area contributed by atoms with Gasteiger partial charge in [-0.05, 0) is 43.7 Å². The number of nitrogens with one attached hydrogen (secondary N) is 2. The van der Waals surface area contributed by atoms with E-state index in [4.69, 9.17) is 0 Å². The molecule has 0 saturated heterocycles. The number of hydrogen-bond acceptors (Lipinski definition) is 6. The first-order valence-corrected chi connectivity index (χ1v) is 10.2. The first-order chi connectivity index (χ1) is 13.0. The van der Waals surface area contributed by atoms with Crippen LogP contribution in [-0.4, -0.2) is 27.0 Å². The minimum Gasteiger partial charge on any atom is -0.326 e. The smallest absolute Gasteiger partial charge is 0.237 e. The number of amides is 2. The first-order valence-electron chi connectivity index (χ1n) is 8.55. The molecule has 0 saturated carbocycles. The molecule has 3 aromatic rings. The van der Waals surface area contributed by atoms with Crippen LogP contribution >= 0.6 is 23.1 Å². The highest BCUT2D eigenvalue weighted by molar-refractivity contribution is 8.00. The van der Waals surface area contributed by atoms with Crippen LogP contribution < -0.4 is 10.6 Å². The summed E-state index contributed by atoms with van der Waals surface area (Å²) in [6.07, 6.45) is 2.50. The third kappa shape index (κ3) is 4.84. The molecule has 0 radical (unpaired) electrons. The highest BCUT2D eigenvalue weighted by atomic mass is 32.2. The summed E-state index contributed by atoms with van der Waals surface area (Å²) in [5.74, 6) is -0.238. The van der Waals surface area contributed by atoms with Crippen molar-refractivity contribution in [1.29, 1.82) is 0 Å². The van der Waals surface area contributed by atoms with Crippen LogP contribution in [0, 0.1) is 0 Å². The summed E-state index contributed by atoms with van der Waals surface area (Å²) < 4.78 is 0. The number of thioether (sulfide) groups is 1. The van der Waals surface area contributed by atoms with Gasteiger partial charge < -0.3 is 10.6 Å². The van der Waals surface area contributed by atoms with Gasteiger partial charge in [0.2, 0.25) is 11.8 Å². The standard InChI is InChI=1S/C19H20N4O2S2/c1-4-15-9-16-18(20-10-21-19(16)27-15)26-11(2)17(25)23-14-7-5-13(6-8-14)22-12(3)24/h5-11H,4H2,1-3H3,(H,22,24)(H,23,25). The number of carbonyl (C=O) groups excluding carboxylic acids is 2. The molecule has 2 amide bonds. The lowest BCUT2D eigenvalue weighted by atomic mass is 10.2. The van der Waals surface area contributed by atoms with Gasteiger partial charge in [-0.1, -0.05) is 18.7 Å². The molecule has 140 valence electrons. The topological polar surface area (TPSA) is 84.0 Å². The van der Waals surface area contributed by atoms with Gasteiger partial charge >= 0.3 is 0 Å². The maximum absolute atomic E-state index is 12.5. The van der Waals surface area contributed by atoms with E-state index in [2.05, 4.69) is 33.6 Å². The number of aromatic nitrogens is 2. The predicted molar refractivity (Wildman–Crippen MR) is 111 cm³/mol. The highest BCUT2D eigenvalue weighted by Gasteiger charge is 2.18. The molecule has 0 aliphatic heterocycles. The molecule has 0 bridgehead atoms. The van der Waals surface area contributed by atoms with E-state index in [-0.39, 0.29) is 17.1 Å². The van der Waals surface area contributed by atoms with E-state index in [1.165, 1.54) is 23.6 Å². The molecule has 0 spiro atoms. The van der Waals surface area contributed by atoms with Crippen LogP contribution in [-0.2, 0) is 16.0 Å². The number of carbonyl (C=O) groups is 2. The SMILES string of the molecule is CCc1cc2c(SC(C)C(=O)Nc3ccc(NC(C)=O)cc3)ncnc2s1. The van der Waals surface area contributed by atoms with Crippen LogP contribution in [0.3, 0.4) is 0 Å². The Kier molecular flexibility index (Phi) is 6.08. The van der Waals surface area contributed by atoms with Crippen LogP contribution in [0.15, 0.2) is 41.7 Å². The zero-order valence-corrected chi connectivity index (χ0v) is 16.9. The molecule has 1 atom stereocenters. The first kappa shape index (κ1) is 19.3. The van der Waals surface area contributed by atoms with Crippen molar-refractivity contribution in [2.75, 3.05) is 10.6 Å². The second kappa shape index (κ2) is 8.49. The van der Waals surface area contributed by atoms with Gasteiger partial charge in [0.25, 0.3) is 0 Å². The van der Waals surface area contributed by atoms with Crippen molar-refractivity contribution in [2.45, 2.75) is 37.5 Å². The Morgan fingerprint density at radius 3 is 2.44 bits per heavy atom. The fraction of sp³-hybridized carbons (Fsp3) is 0.263. The van der Waals surface area contributed by atoms with E-state index in [0.29, 0.717) is 11.4 Å². The molecule has 3 rings (SSSR count). The molecular weight excluding hydrogens is 380 g/mol. The van der Waals surface area contributed by atoms with Gasteiger partial charge in [-0.15, -0.1) is 11.3 Å². The normalized spacial score (nSPS) is 12.0. The third-order valence-electron chi connectivity index (χ3n) is 3.82. The molecular formula is C19H20N4O2S2. The Balaban J connectivity index is 1.67. The summed E-state index contributed by atoms with van der Waals surface area (Å²) in [6, 6.07) is 9.13. The number of fused-ring (bicyclic) bond motifs is 1. The maximum atomic E-state index is 12.5. The Morgan fingerprint density at radius 2 is 1.81 bits per heavy atom. The van der Waals surface area contributed by atoms with Crippen molar-refractivity contribution < 1.29 is 9.59 Å². The van der Waals surface area contributed by atoms with E-state index in [0.717, 1.165) is 21.7 Å². The average molecular weight is 401 g/mol. The Hall–Kier alpha value is -2.45. The number of anilines is 2. The molecule has 2 heterocycles. The molecule has 2 aromatic heterocycles. The Morgan fingerprint density at radius 1 is 1.15 bits per heavy atom. The zero-order chi connectivity index (χ0) is 19.4. The summed E-state index contributed by atoms with van der Waals surface area (Å²) >= 11 is 3.08. The van der Waals surface area contributed by atoms with E-state index < -0.39 is 0 Å². The second-order valence-corrected chi connectivity index (χ2v) is 8.42. The lowest BCUT2D eigenvalue weighted by molar-refractivity contribution is -0.115. The van der Waals surface area contributed by atoms with Gasteiger partial charge in [-0.3, -0.25) is 9.59 Å². The summed E-state index contributed by atoms with van der Waals surface area (Å²) in [5, 5.41) is 7.10. The van der Waals surface area contributed by atoms with Crippen LogP contribution in [0.25, 0.3) is 10.2 Å². The molecule has 0 aliphatic carbocycles. The van der Waals surface area contributed by atoms with Crippen molar-refractivity contribution >= 4 is 56.5 Å². The van der Waals surface area contributed by atoms with Gasteiger partial charge in [0.1, 0.15) is 16.2 Å². The van der Waals surface area contributed by atoms with Crippen molar-refractivity contribution in [3.05, 3.63) is 41.5 Å². The number of rotatable bonds is 6. The van der Waals surface area contributed by atoms with E-state index in [9.17, 15) is 9.59 Å². The average Bonchev–Trinajstić information content (AvgIpc) is 3.07. The number of thiophene rings is 1. The maximum Gasteiger partial charge on any atom is 0.237 e. The third-order valence-corrected chi connectivity index (χ3v) is 6.13. The molecule has 0 fully saturated rings. The van der Waals surface area contributed by atoms with Crippen molar-refractivity contribution in [2.24, 2.45) is 0 Å². The lowest BCUT2D eigenvalue weighted by Gasteiger charge is -2.12. The largest absolute Gasteiger partial charge is 0.326 e. The van der Waals surface area contributed by atoms with Crippen LogP contribution in [0.5, 0.6) is 0 Å². The van der Waals surface area contributed by atoms with Gasteiger partial charge in [0.05, 0.1) is 5.25 Å². The van der Waals surface area contributed by atoms with E-state index in [1.54, 1.807) is 41.9 Å². The van der Waals surface area contributed by atoms with Crippen molar-refractivity contribution in [3.8, 4) is 0 Å². The van der Waals surface area contributed by atoms with Crippen LogP contribution in [0.1, 0.15) is 25.6 Å². The van der Waals surface area contributed by atoms with Gasteiger partial charge in [-0.25, -0.2) is 9.97 Å². The monoisotopic (exact) mass is 400 g/mol. The van der Waals surface area contributed by atoms with Crippen molar-refractivity contribution in [1.82, 2.24) is 9.97 Å². The quantitative estimate of drug-likeness (QED) is 0.475. The molecule has 2 N–H and O–H groups in total. The number of nitrogens with zero attached hydrogens (tertiary/aromatic N) is 2. The summed E-state index contributed by atoms with van der Waals surface area (Å²) in [7, 11) is 0. The summed E-state index contributed by atoms with van der Waals surface area (Å²) in [6.45, 7) is 5.42. The minimum absolute atomic E-state index is 0.106. The predicted octanol–water partition coefficient (Wildman–Crippen LogP) is 4.33. The zero-order valence-electron chi connectivity index (χ0n) is 15.3. The minimum atomic E-state index is -0.317. The van der Waals surface area contributed by atoms with Gasteiger partial charge in [-0.2, -0.15) is 0 Å². The Bertz CT molecular complexity index is 970. The fourth-order valence-electron chi connectivity index (χ4n) is 2.46. The molecule has 1 aromatic carbocycles. The fourth-order valence-corrected chi connectivity index (χ4v) is 4.35. The number of aryl methyl sites for hydroxylation is 1. The molecule has 6 nitrogen and oxygen atoms in total. The molecule has 0 aliphatic rings. The molecule has 1 unspecified atom stereocenters. The van der Waals surface area contributed by atoms with Crippen LogP contribution in [0.2, 0.25) is 0 Å². The lowest BCUT2D eigenvalue weighted by Crippen LogP contribution is -2.22. The molecule has 27 heavy (non-hydrogen) atoms. The van der Waals surface area contributed by atoms with Crippen LogP contribution in [0.4, 0.5) is 11.4 Å². The van der Waals surface area contributed by atoms with E-state index >= 15 is 0 Å². The molecule has 8 heteroatoms. The number of hydrogen-bond donors (Lipinski definition) is 2. The highest BCUT2D eigenvalue weighted by Crippen LogP contribution is 2.33.